The van der Waals surface area contributed by atoms with E-state index >= 15 is 0 Å². The number of nitrogens with zero attached hydrogens (tertiary/aromatic N) is 3. The van der Waals surface area contributed by atoms with Gasteiger partial charge < -0.3 is 21.7 Å². The van der Waals surface area contributed by atoms with Crippen molar-refractivity contribution in [3.8, 4) is 17.3 Å². The van der Waals surface area contributed by atoms with Crippen LogP contribution in [0.1, 0.15) is 22.3 Å². The lowest BCUT2D eigenvalue weighted by atomic mass is 10.1. The van der Waals surface area contributed by atoms with Crippen LogP contribution in [0.3, 0.4) is 0 Å². The van der Waals surface area contributed by atoms with Gasteiger partial charge in [0.25, 0.3) is 0 Å². The van der Waals surface area contributed by atoms with Gasteiger partial charge in [-0.25, -0.2) is 13.9 Å². The van der Waals surface area contributed by atoms with Gasteiger partial charge in [-0.1, -0.05) is 12.1 Å². The van der Waals surface area contributed by atoms with Crippen molar-refractivity contribution >= 4 is 28.6 Å². The summed E-state index contributed by atoms with van der Waals surface area (Å²) in [5.41, 5.74) is 3.71. The van der Waals surface area contributed by atoms with Gasteiger partial charge in [0, 0.05) is 9.13 Å². The molecule has 0 N–H and O–H groups in total. The molecule has 0 aliphatic rings. The highest BCUT2D eigenvalue weighted by molar-refractivity contribution is 14.1. The first-order valence-electron chi connectivity index (χ1n) is 8.50. The van der Waals surface area contributed by atoms with Crippen LogP contribution in [-0.2, 0) is 17.8 Å². The van der Waals surface area contributed by atoms with Gasteiger partial charge in [-0.15, -0.1) is 0 Å². The minimum Gasteiger partial charge on any atom is -1.00 e. The third-order valence-electron chi connectivity index (χ3n) is 4.21. The number of nitriles is 1. The molecule has 1 aromatic heterocycles. The highest BCUT2D eigenvalue weighted by Gasteiger charge is 2.17. The number of carbonyl (C=O) groups excluding carboxylic acids is 1. The molecule has 0 atom stereocenters. The van der Waals surface area contributed by atoms with Gasteiger partial charge in [-0.3, -0.25) is 0 Å². The Bertz CT molecular complexity index is 994. The Balaban J connectivity index is 0.00000280. The molecule has 0 unspecified atom stereocenters. The van der Waals surface area contributed by atoms with Gasteiger partial charge in [0.2, 0.25) is 6.33 Å². The molecule has 5 nitrogen and oxygen atoms in total. The maximum absolute atomic E-state index is 11.8. The summed E-state index contributed by atoms with van der Waals surface area (Å²) in [5, 5.41) is 8.88. The highest BCUT2D eigenvalue weighted by Crippen LogP contribution is 2.21. The first-order valence-corrected chi connectivity index (χ1v) is 9.58. The average Bonchev–Trinajstić information content (AvgIpc) is 3.09. The van der Waals surface area contributed by atoms with Crippen LogP contribution in [0, 0.1) is 14.9 Å². The number of methoxy groups -OCH3 is 1. The second-order valence-corrected chi connectivity index (χ2v) is 7.35. The first kappa shape index (κ1) is 22.1. The van der Waals surface area contributed by atoms with Crippen LogP contribution < -0.4 is 21.5 Å². The van der Waals surface area contributed by atoms with Crippen molar-refractivity contribution in [2.75, 3.05) is 7.11 Å². The molecule has 0 amide bonds. The van der Waals surface area contributed by atoms with Crippen molar-refractivity contribution in [2.45, 2.75) is 19.5 Å². The van der Waals surface area contributed by atoms with E-state index in [0.29, 0.717) is 25.1 Å². The number of hydrogen-bond donors (Lipinski definition) is 0. The fourth-order valence-electron chi connectivity index (χ4n) is 2.91. The second-order valence-electron chi connectivity index (χ2n) is 6.10. The summed E-state index contributed by atoms with van der Waals surface area (Å²) in [5.74, 6) is -0.341. The molecule has 0 aliphatic carbocycles. The Morgan fingerprint density at radius 1 is 1.25 bits per heavy atom. The molecule has 0 fully saturated rings. The summed E-state index contributed by atoms with van der Waals surface area (Å²) in [6.07, 6.45) is 4.53. The number of esters is 1. The van der Waals surface area contributed by atoms with Crippen molar-refractivity contribution in [1.29, 1.82) is 5.26 Å². The summed E-state index contributed by atoms with van der Waals surface area (Å²) < 4.78 is 10.2. The lowest BCUT2D eigenvalue weighted by Gasteiger charge is -2.05. The van der Waals surface area contributed by atoms with Gasteiger partial charge in [0.1, 0.15) is 19.3 Å². The van der Waals surface area contributed by atoms with Crippen LogP contribution in [0.2, 0.25) is 0 Å². The van der Waals surface area contributed by atoms with Crippen molar-refractivity contribution in [3.63, 3.8) is 0 Å². The quantitative estimate of drug-likeness (QED) is 0.259. The molecular weight excluding hydrogens is 533 g/mol. The van der Waals surface area contributed by atoms with E-state index in [4.69, 9.17) is 10.00 Å². The van der Waals surface area contributed by atoms with Crippen LogP contribution >= 0.6 is 22.6 Å². The Hall–Kier alpha value is -2.18. The first-order chi connectivity index (χ1) is 13.1. The molecule has 0 saturated carbocycles. The van der Waals surface area contributed by atoms with E-state index in [0.717, 1.165) is 16.8 Å². The maximum Gasteiger partial charge on any atom is 0.337 e. The molecule has 7 heteroatoms. The van der Waals surface area contributed by atoms with Crippen LogP contribution in [0.5, 0.6) is 0 Å². The molecule has 3 rings (SSSR count). The van der Waals surface area contributed by atoms with Crippen LogP contribution in [0.15, 0.2) is 61.1 Å². The molecule has 3 aromatic rings. The molecule has 0 spiro atoms. The standard InChI is InChI=1S/C21H19IN3O2.BrH/c1-27-21(26)18-5-2-4-16(12-18)13-25-15-24(11-3-10-23)14-20(25)17-6-8-19(22)9-7-17;/h2,4-9,12,14-15H,3,11,13H2,1H3;1H/q+1;/p-1. The molecule has 0 radical (unpaired) electrons. The zero-order chi connectivity index (χ0) is 19.2. The maximum atomic E-state index is 11.8. The smallest absolute Gasteiger partial charge is 0.337 e. The lowest BCUT2D eigenvalue weighted by Crippen LogP contribution is -3.00. The van der Waals surface area contributed by atoms with Gasteiger partial charge in [0.15, 0.2) is 5.69 Å². The molecule has 2 aromatic carbocycles. The van der Waals surface area contributed by atoms with E-state index in [1.54, 1.807) is 6.07 Å². The summed E-state index contributed by atoms with van der Waals surface area (Å²) in [4.78, 5) is 11.8. The topological polar surface area (TPSA) is 58.9 Å². The summed E-state index contributed by atoms with van der Waals surface area (Å²) in [6, 6.07) is 18.0. The van der Waals surface area contributed by atoms with E-state index in [9.17, 15) is 4.79 Å². The summed E-state index contributed by atoms with van der Waals surface area (Å²) >= 11 is 2.29. The number of rotatable bonds is 6. The fourth-order valence-corrected chi connectivity index (χ4v) is 3.26. The number of halogens is 2. The Kier molecular flexibility index (Phi) is 8.20. The van der Waals surface area contributed by atoms with Crippen molar-refractivity contribution < 1.29 is 31.1 Å². The summed E-state index contributed by atoms with van der Waals surface area (Å²) in [6.45, 7) is 1.26. The van der Waals surface area contributed by atoms with Crippen molar-refractivity contribution in [3.05, 3.63) is 75.8 Å². The van der Waals surface area contributed by atoms with E-state index < -0.39 is 0 Å². The number of imidazole rings is 1. The van der Waals surface area contributed by atoms with E-state index in [1.807, 2.05) is 29.1 Å². The predicted molar refractivity (Wildman–Crippen MR) is 110 cm³/mol. The molecular formula is C21H19BrIN3O2. The van der Waals surface area contributed by atoms with Crippen LogP contribution in [0.4, 0.5) is 0 Å². The molecule has 144 valence electrons. The molecule has 0 bridgehead atoms. The molecule has 0 aliphatic heterocycles. The third-order valence-corrected chi connectivity index (χ3v) is 4.93. The monoisotopic (exact) mass is 551 g/mol. The Morgan fingerprint density at radius 2 is 2.00 bits per heavy atom. The van der Waals surface area contributed by atoms with Crippen LogP contribution in [0.25, 0.3) is 11.3 Å². The highest BCUT2D eigenvalue weighted by atomic mass is 127. The number of aromatic nitrogens is 2. The zero-order valence-electron chi connectivity index (χ0n) is 15.3. The number of ether oxygens (including phenoxy) is 1. The third kappa shape index (κ3) is 5.42. The minimum absolute atomic E-state index is 0. The van der Waals surface area contributed by atoms with Gasteiger partial charge in [-0.2, -0.15) is 5.26 Å². The normalized spacial score (nSPS) is 10.0. The average molecular weight is 552 g/mol. The van der Waals surface area contributed by atoms with Crippen molar-refractivity contribution in [2.24, 2.45) is 0 Å². The molecule has 1 heterocycles. The molecule has 28 heavy (non-hydrogen) atoms. The van der Waals surface area contributed by atoms with E-state index in [2.05, 4.69) is 63.7 Å². The van der Waals surface area contributed by atoms with Crippen LogP contribution in [-0.4, -0.2) is 17.6 Å². The summed E-state index contributed by atoms with van der Waals surface area (Å²) in [7, 11) is 1.38. The number of aryl methyl sites for hydroxylation is 1. The van der Waals surface area contributed by atoms with E-state index in [-0.39, 0.29) is 23.0 Å². The minimum atomic E-state index is -0.341. The van der Waals surface area contributed by atoms with Gasteiger partial charge >= 0.3 is 5.97 Å². The lowest BCUT2D eigenvalue weighted by molar-refractivity contribution is -0.695. The van der Waals surface area contributed by atoms with Crippen molar-refractivity contribution in [1.82, 2.24) is 4.57 Å². The second kappa shape index (κ2) is 10.4. The molecule has 0 saturated heterocycles. The fraction of sp³-hybridized carbons (Fsp3) is 0.190. The largest absolute Gasteiger partial charge is 1.00 e. The Morgan fingerprint density at radius 3 is 2.68 bits per heavy atom. The SMILES string of the molecule is COC(=O)c1cccc(Cn2c[n+](CCC#N)cc2-c2ccc(I)cc2)c1.[Br-]. The van der Waals surface area contributed by atoms with Gasteiger partial charge in [0.05, 0.1) is 25.2 Å². The predicted octanol–water partition coefficient (Wildman–Crippen LogP) is 0.800. The number of hydrogen-bond acceptors (Lipinski definition) is 3. The number of carbonyl (C=O) groups is 1. The zero-order valence-corrected chi connectivity index (χ0v) is 19.1. The van der Waals surface area contributed by atoms with E-state index in [1.165, 1.54) is 10.7 Å². The Labute approximate surface area is 188 Å². The number of benzene rings is 2. The van der Waals surface area contributed by atoms with Gasteiger partial charge in [-0.05, 0) is 64.6 Å².